The van der Waals surface area contributed by atoms with Crippen LogP contribution < -0.4 is 5.32 Å². The summed E-state index contributed by atoms with van der Waals surface area (Å²) in [5.41, 5.74) is 0. The second-order valence-electron chi connectivity index (χ2n) is 4.92. The summed E-state index contributed by atoms with van der Waals surface area (Å²) in [6.07, 6.45) is 2.30. The molecule has 0 fully saturated rings. The average Bonchev–Trinajstić information content (AvgIpc) is 2.35. The van der Waals surface area contributed by atoms with Gasteiger partial charge in [0.1, 0.15) is 17.6 Å². The predicted octanol–water partition coefficient (Wildman–Crippen LogP) is 3.90. The summed E-state index contributed by atoms with van der Waals surface area (Å²) in [6, 6.07) is 2.12. The van der Waals surface area contributed by atoms with E-state index in [1.165, 1.54) is 6.42 Å². The maximum Gasteiger partial charge on any atom is 0.158 e. The molecule has 0 aliphatic heterocycles. The molecule has 1 aromatic rings. The Morgan fingerprint density at radius 2 is 2.05 bits per heavy atom. The number of rotatable bonds is 8. The molecule has 1 heterocycles. The van der Waals surface area contributed by atoms with E-state index in [1.807, 2.05) is 6.92 Å². The number of hydrogen-bond donors (Lipinski definition) is 1. The SMILES string of the molecule is CCOCc1nc(Cl)cc(NC(C)CC(C)CC)n1. The first kappa shape index (κ1) is 16.2. The fourth-order valence-corrected chi connectivity index (χ4v) is 2.08. The van der Waals surface area contributed by atoms with Gasteiger partial charge in [0.25, 0.3) is 0 Å². The molecule has 1 rings (SSSR count). The van der Waals surface area contributed by atoms with Crippen molar-refractivity contribution in [3.05, 3.63) is 17.0 Å². The summed E-state index contributed by atoms with van der Waals surface area (Å²) in [7, 11) is 0. The number of hydrogen-bond acceptors (Lipinski definition) is 4. The number of nitrogens with zero attached hydrogens (tertiary/aromatic N) is 2. The Labute approximate surface area is 120 Å². The van der Waals surface area contributed by atoms with E-state index in [0.717, 1.165) is 12.2 Å². The molecule has 5 heteroatoms. The number of nitrogens with one attached hydrogen (secondary N) is 1. The first-order valence-electron chi connectivity index (χ1n) is 6.92. The largest absolute Gasteiger partial charge is 0.374 e. The summed E-state index contributed by atoms with van der Waals surface area (Å²) in [5.74, 6) is 2.08. The highest BCUT2D eigenvalue weighted by atomic mass is 35.5. The lowest BCUT2D eigenvalue weighted by atomic mass is 10.0. The van der Waals surface area contributed by atoms with Crippen LogP contribution in [0.3, 0.4) is 0 Å². The van der Waals surface area contributed by atoms with Crippen LogP contribution in [0, 0.1) is 5.92 Å². The highest BCUT2D eigenvalue weighted by Crippen LogP contribution is 2.16. The van der Waals surface area contributed by atoms with Gasteiger partial charge in [0.2, 0.25) is 0 Å². The monoisotopic (exact) mass is 285 g/mol. The third-order valence-electron chi connectivity index (χ3n) is 3.02. The summed E-state index contributed by atoms with van der Waals surface area (Å²) in [6.45, 7) is 9.60. The summed E-state index contributed by atoms with van der Waals surface area (Å²) in [4.78, 5) is 8.56. The van der Waals surface area contributed by atoms with Crippen molar-refractivity contribution in [3.8, 4) is 0 Å². The van der Waals surface area contributed by atoms with Crippen molar-refractivity contribution >= 4 is 17.4 Å². The van der Waals surface area contributed by atoms with Gasteiger partial charge in [-0.15, -0.1) is 0 Å². The van der Waals surface area contributed by atoms with E-state index in [-0.39, 0.29) is 0 Å². The van der Waals surface area contributed by atoms with Gasteiger partial charge in [-0.2, -0.15) is 0 Å². The van der Waals surface area contributed by atoms with Crippen LogP contribution in [0.5, 0.6) is 0 Å². The molecule has 0 saturated carbocycles. The fourth-order valence-electron chi connectivity index (χ4n) is 1.88. The van der Waals surface area contributed by atoms with Gasteiger partial charge in [-0.25, -0.2) is 9.97 Å². The zero-order valence-corrected chi connectivity index (χ0v) is 13.0. The fraction of sp³-hybridized carbons (Fsp3) is 0.714. The normalized spacial score (nSPS) is 14.2. The van der Waals surface area contributed by atoms with Crippen molar-refractivity contribution in [1.82, 2.24) is 9.97 Å². The molecule has 0 aliphatic carbocycles. The highest BCUT2D eigenvalue weighted by molar-refractivity contribution is 6.29. The molecule has 0 saturated heterocycles. The van der Waals surface area contributed by atoms with Crippen molar-refractivity contribution in [2.45, 2.75) is 53.2 Å². The van der Waals surface area contributed by atoms with Crippen LogP contribution in [0.25, 0.3) is 0 Å². The molecule has 19 heavy (non-hydrogen) atoms. The number of ether oxygens (including phenoxy) is 1. The van der Waals surface area contributed by atoms with E-state index in [9.17, 15) is 0 Å². The molecule has 4 nitrogen and oxygen atoms in total. The smallest absolute Gasteiger partial charge is 0.158 e. The summed E-state index contributed by atoms with van der Waals surface area (Å²) >= 11 is 6.00. The summed E-state index contributed by atoms with van der Waals surface area (Å²) in [5, 5.41) is 3.82. The van der Waals surface area contributed by atoms with Gasteiger partial charge in [0.15, 0.2) is 5.82 Å². The van der Waals surface area contributed by atoms with Crippen LogP contribution in [0.1, 0.15) is 46.4 Å². The first-order chi connectivity index (χ1) is 9.05. The Kier molecular flexibility index (Phi) is 7.10. The maximum absolute atomic E-state index is 6.00. The standard InChI is InChI=1S/C14H24ClN3O/c1-5-10(3)7-11(4)16-13-8-12(15)17-14(18-13)9-19-6-2/h8,10-11H,5-7,9H2,1-4H3,(H,16,17,18). The van der Waals surface area contributed by atoms with E-state index in [0.29, 0.717) is 36.2 Å². The molecule has 0 bridgehead atoms. The van der Waals surface area contributed by atoms with Gasteiger partial charge in [0.05, 0.1) is 0 Å². The van der Waals surface area contributed by atoms with Gasteiger partial charge >= 0.3 is 0 Å². The minimum atomic E-state index is 0.362. The first-order valence-corrected chi connectivity index (χ1v) is 7.30. The third kappa shape index (κ3) is 6.21. The van der Waals surface area contributed by atoms with Gasteiger partial charge in [-0.1, -0.05) is 31.9 Å². The van der Waals surface area contributed by atoms with Crippen LogP contribution in [0.2, 0.25) is 5.15 Å². The maximum atomic E-state index is 6.00. The van der Waals surface area contributed by atoms with Crippen molar-refractivity contribution in [3.63, 3.8) is 0 Å². The average molecular weight is 286 g/mol. The van der Waals surface area contributed by atoms with Crippen molar-refractivity contribution in [2.75, 3.05) is 11.9 Å². The van der Waals surface area contributed by atoms with Gasteiger partial charge < -0.3 is 10.1 Å². The van der Waals surface area contributed by atoms with Crippen LogP contribution >= 0.6 is 11.6 Å². The summed E-state index contributed by atoms with van der Waals surface area (Å²) < 4.78 is 5.31. The highest BCUT2D eigenvalue weighted by Gasteiger charge is 2.09. The molecule has 1 N–H and O–H groups in total. The molecule has 2 atom stereocenters. The third-order valence-corrected chi connectivity index (χ3v) is 3.22. The second-order valence-corrected chi connectivity index (χ2v) is 5.31. The molecule has 108 valence electrons. The molecule has 0 spiro atoms. The van der Waals surface area contributed by atoms with Gasteiger partial charge in [0, 0.05) is 18.7 Å². The van der Waals surface area contributed by atoms with Gasteiger partial charge in [-0.3, -0.25) is 0 Å². The van der Waals surface area contributed by atoms with E-state index < -0.39 is 0 Å². The molecule has 1 aromatic heterocycles. The lowest BCUT2D eigenvalue weighted by Gasteiger charge is -2.18. The van der Waals surface area contributed by atoms with Crippen LogP contribution in [-0.2, 0) is 11.3 Å². The lowest BCUT2D eigenvalue weighted by molar-refractivity contribution is 0.128. The molecular formula is C14H24ClN3O. The van der Waals surface area contributed by atoms with Crippen LogP contribution in [0.15, 0.2) is 6.07 Å². The quantitative estimate of drug-likeness (QED) is 0.736. The molecular weight excluding hydrogens is 262 g/mol. The van der Waals surface area contributed by atoms with E-state index in [4.69, 9.17) is 16.3 Å². The zero-order chi connectivity index (χ0) is 14.3. The van der Waals surface area contributed by atoms with Crippen molar-refractivity contribution < 1.29 is 4.74 Å². The number of halogens is 1. The van der Waals surface area contributed by atoms with E-state index in [2.05, 4.69) is 36.1 Å². The molecule has 0 amide bonds. The Bertz CT molecular complexity index is 387. The molecule has 0 aliphatic rings. The Hall–Kier alpha value is -0.870. The van der Waals surface area contributed by atoms with E-state index >= 15 is 0 Å². The number of aromatic nitrogens is 2. The number of anilines is 1. The van der Waals surface area contributed by atoms with Crippen LogP contribution in [-0.4, -0.2) is 22.6 Å². The Balaban J connectivity index is 2.64. The Morgan fingerprint density at radius 3 is 2.68 bits per heavy atom. The van der Waals surface area contributed by atoms with E-state index in [1.54, 1.807) is 6.07 Å². The zero-order valence-electron chi connectivity index (χ0n) is 12.2. The Morgan fingerprint density at radius 1 is 1.32 bits per heavy atom. The second kappa shape index (κ2) is 8.33. The van der Waals surface area contributed by atoms with Crippen molar-refractivity contribution in [2.24, 2.45) is 5.92 Å². The molecule has 0 aromatic carbocycles. The predicted molar refractivity (Wildman–Crippen MR) is 79.5 cm³/mol. The van der Waals surface area contributed by atoms with Gasteiger partial charge in [-0.05, 0) is 26.2 Å². The topological polar surface area (TPSA) is 47.0 Å². The minimum Gasteiger partial charge on any atom is -0.374 e. The molecule has 0 radical (unpaired) electrons. The lowest BCUT2D eigenvalue weighted by Crippen LogP contribution is -2.19. The van der Waals surface area contributed by atoms with Crippen molar-refractivity contribution in [1.29, 1.82) is 0 Å². The minimum absolute atomic E-state index is 0.362. The molecule has 2 unspecified atom stereocenters. The van der Waals surface area contributed by atoms with Crippen LogP contribution in [0.4, 0.5) is 5.82 Å².